The van der Waals surface area contributed by atoms with Gasteiger partial charge >= 0.3 is 0 Å². The summed E-state index contributed by atoms with van der Waals surface area (Å²) in [6.45, 7) is 4.89. The molecule has 0 radical (unpaired) electrons. The van der Waals surface area contributed by atoms with Crippen LogP contribution in [0.15, 0.2) is 18.2 Å². The van der Waals surface area contributed by atoms with Crippen LogP contribution in [-0.4, -0.2) is 26.3 Å². The summed E-state index contributed by atoms with van der Waals surface area (Å²) in [4.78, 5) is 0. The minimum Gasteiger partial charge on any atom is -0.380 e. The summed E-state index contributed by atoms with van der Waals surface area (Å²) in [5, 5.41) is 3.21. The Balaban J connectivity index is 2.75. The van der Waals surface area contributed by atoms with Crippen molar-refractivity contribution in [2.24, 2.45) is 5.73 Å². The molecule has 1 rings (SSSR count). The number of benzene rings is 1. The van der Waals surface area contributed by atoms with Crippen LogP contribution in [0.5, 0.6) is 0 Å². The third-order valence-corrected chi connectivity index (χ3v) is 2.82. The first-order valence-corrected chi connectivity index (χ1v) is 5.80. The minimum atomic E-state index is -0.219. The third kappa shape index (κ3) is 4.07. The van der Waals surface area contributed by atoms with E-state index in [-0.39, 0.29) is 18.0 Å². The van der Waals surface area contributed by atoms with Gasteiger partial charge in [-0.15, -0.1) is 0 Å². The van der Waals surface area contributed by atoms with Gasteiger partial charge in [0.25, 0.3) is 0 Å². The number of rotatable bonds is 6. The summed E-state index contributed by atoms with van der Waals surface area (Å²) in [7, 11) is 1.65. The van der Waals surface area contributed by atoms with Gasteiger partial charge in [-0.3, -0.25) is 0 Å². The highest BCUT2D eigenvalue weighted by Gasteiger charge is 2.14. The maximum Gasteiger partial charge on any atom is 0.128 e. The highest BCUT2D eigenvalue weighted by molar-refractivity contribution is 5.27. The largest absolute Gasteiger partial charge is 0.380 e. The molecule has 0 fully saturated rings. The van der Waals surface area contributed by atoms with E-state index < -0.39 is 0 Å². The zero-order valence-electron chi connectivity index (χ0n) is 10.7. The summed E-state index contributed by atoms with van der Waals surface area (Å²) < 4.78 is 18.8. The molecule has 96 valence electrons. The molecule has 0 bridgehead atoms. The van der Waals surface area contributed by atoms with E-state index in [1.165, 1.54) is 6.07 Å². The van der Waals surface area contributed by atoms with Crippen molar-refractivity contribution in [3.63, 3.8) is 0 Å². The van der Waals surface area contributed by atoms with Crippen molar-refractivity contribution in [2.45, 2.75) is 26.0 Å². The molecule has 17 heavy (non-hydrogen) atoms. The predicted octanol–water partition coefficient (Wildman–Crippen LogP) is 1.76. The number of hydrogen-bond donors (Lipinski definition) is 2. The zero-order valence-corrected chi connectivity index (χ0v) is 10.7. The fourth-order valence-corrected chi connectivity index (χ4v) is 1.64. The number of aryl methyl sites for hydroxylation is 1. The van der Waals surface area contributed by atoms with Gasteiger partial charge in [0.15, 0.2) is 0 Å². The Labute approximate surface area is 102 Å². The molecule has 0 heterocycles. The Bertz CT molecular complexity index is 357. The molecule has 0 saturated heterocycles. The molecule has 2 unspecified atom stereocenters. The Hall–Kier alpha value is -0.970. The lowest BCUT2D eigenvalue weighted by atomic mass is 10.0. The smallest absolute Gasteiger partial charge is 0.128 e. The van der Waals surface area contributed by atoms with E-state index in [0.717, 1.165) is 5.56 Å². The first-order chi connectivity index (χ1) is 8.08. The van der Waals surface area contributed by atoms with Crippen LogP contribution in [0.2, 0.25) is 0 Å². The first-order valence-electron chi connectivity index (χ1n) is 5.80. The fourth-order valence-electron chi connectivity index (χ4n) is 1.64. The fraction of sp³-hybridized carbons (Fsp3) is 0.538. The van der Waals surface area contributed by atoms with Gasteiger partial charge in [0.1, 0.15) is 5.82 Å². The van der Waals surface area contributed by atoms with Crippen molar-refractivity contribution in [1.82, 2.24) is 5.32 Å². The standard InChI is InChI=1S/C13H21FN2O/c1-9-4-5-12(14)11(6-9)13(7-15)16-8-10(2)17-3/h4-6,10,13,16H,7-8,15H2,1-3H3. The van der Waals surface area contributed by atoms with Gasteiger partial charge in [0.05, 0.1) is 6.10 Å². The number of nitrogens with two attached hydrogens (primary N) is 1. The predicted molar refractivity (Wildman–Crippen MR) is 67.4 cm³/mol. The Morgan fingerprint density at radius 2 is 2.18 bits per heavy atom. The second-order valence-electron chi connectivity index (χ2n) is 4.27. The van der Waals surface area contributed by atoms with E-state index in [1.807, 2.05) is 19.9 Å². The lowest BCUT2D eigenvalue weighted by Crippen LogP contribution is -2.34. The number of hydrogen-bond acceptors (Lipinski definition) is 3. The monoisotopic (exact) mass is 240 g/mol. The van der Waals surface area contributed by atoms with Crippen molar-refractivity contribution >= 4 is 0 Å². The lowest BCUT2D eigenvalue weighted by Gasteiger charge is -2.20. The Morgan fingerprint density at radius 3 is 2.76 bits per heavy atom. The number of methoxy groups -OCH3 is 1. The molecule has 0 spiro atoms. The van der Waals surface area contributed by atoms with E-state index in [0.29, 0.717) is 18.7 Å². The molecule has 3 N–H and O–H groups in total. The lowest BCUT2D eigenvalue weighted by molar-refractivity contribution is 0.114. The van der Waals surface area contributed by atoms with Crippen LogP contribution in [0.25, 0.3) is 0 Å². The van der Waals surface area contributed by atoms with Crippen molar-refractivity contribution < 1.29 is 9.13 Å². The highest BCUT2D eigenvalue weighted by atomic mass is 19.1. The molecular formula is C13H21FN2O. The van der Waals surface area contributed by atoms with Crippen LogP contribution in [0.1, 0.15) is 24.1 Å². The molecule has 0 amide bonds. The number of halogens is 1. The average Bonchev–Trinajstić information content (AvgIpc) is 2.33. The van der Waals surface area contributed by atoms with Crippen LogP contribution in [0.3, 0.4) is 0 Å². The van der Waals surface area contributed by atoms with Gasteiger partial charge in [-0.2, -0.15) is 0 Å². The number of nitrogens with one attached hydrogen (secondary N) is 1. The van der Waals surface area contributed by atoms with Crippen LogP contribution in [0, 0.1) is 12.7 Å². The summed E-state index contributed by atoms with van der Waals surface area (Å²) in [6.07, 6.45) is 0.0805. The van der Waals surface area contributed by atoms with E-state index >= 15 is 0 Å². The molecule has 2 atom stereocenters. The third-order valence-electron chi connectivity index (χ3n) is 2.82. The van der Waals surface area contributed by atoms with Gasteiger partial charge in [-0.1, -0.05) is 17.7 Å². The van der Waals surface area contributed by atoms with Crippen molar-refractivity contribution in [3.8, 4) is 0 Å². The maximum atomic E-state index is 13.7. The van der Waals surface area contributed by atoms with Gasteiger partial charge in [-0.05, 0) is 19.9 Å². The average molecular weight is 240 g/mol. The molecule has 0 aliphatic rings. The molecule has 4 heteroatoms. The van der Waals surface area contributed by atoms with Gasteiger partial charge in [0, 0.05) is 31.8 Å². The van der Waals surface area contributed by atoms with Crippen molar-refractivity contribution in [2.75, 3.05) is 20.2 Å². The topological polar surface area (TPSA) is 47.3 Å². The molecule has 0 aliphatic carbocycles. The minimum absolute atomic E-state index is 0.0805. The van der Waals surface area contributed by atoms with E-state index in [1.54, 1.807) is 13.2 Å². The zero-order chi connectivity index (χ0) is 12.8. The van der Waals surface area contributed by atoms with Crippen LogP contribution >= 0.6 is 0 Å². The Kier molecular flexibility index (Phi) is 5.55. The molecule has 0 aromatic heterocycles. The van der Waals surface area contributed by atoms with Gasteiger partial charge in [0.2, 0.25) is 0 Å². The number of ether oxygens (including phenoxy) is 1. The summed E-state index contributed by atoms with van der Waals surface area (Å²) in [6, 6.07) is 4.89. The molecule has 1 aromatic rings. The molecule has 3 nitrogen and oxygen atoms in total. The highest BCUT2D eigenvalue weighted by Crippen LogP contribution is 2.17. The molecule has 0 aliphatic heterocycles. The molecular weight excluding hydrogens is 219 g/mol. The Morgan fingerprint density at radius 1 is 1.47 bits per heavy atom. The van der Waals surface area contributed by atoms with E-state index in [2.05, 4.69) is 5.32 Å². The van der Waals surface area contributed by atoms with E-state index in [9.17, 15) is 4.39 Å². The van der Waals surface area contributed by atoms with Crippen LogP contribution in [0.4, 0.5) is 4.39 Å². The van der Waals surface area contributed by atoms with Crippen LogP contribution in [-0.2, 0) is 4.74 Å². The van der Waals surface area contributed by atoms with Crippen LogP contribution < -0.4 is 11.1 Å². The van der Waals surface area contributed by atoms with Gasteiger partial charge < -0.3 is 15.8 Å². The molecule has 1 aromatic carbocycles. The summed E-state index contributed by atoms with van der Waals surface area (Å²) in [5.74, 6) is -0.219. The second-order valence-corrected chi connectivity index (χ2v) is 4.27. The molecule has 0 saturated carbocycles. The summed E-state index contributed by atoms with van der Waals surface area (Å²) >= 11 is 0. The van der Waals surface area contributed by atoms with Crippen molar-refractivity contribution in [1.29, 1.82) is 0 Å². The summed E-state index contributed by atoms with van der Waals surface area (Å²) in [5.41, 5.74) is 7.33. The van der Waals surface area contributed by atoms with E-state index in [4.69, 9.17) is 10.5 Å². The van der Waals surface area contributed by atoms with Gasteiger partial charge in [-0.25, -0.2) is 4.39 Å². The second kappa shape index (κ2) is 6.69. The SMILES string of the molecule is COC(C)CNC(CN)c1cc(C)ccc1F. The first kappa shape index (κ1) is 14.1. The van der Waals surface area contributed by atoms with Crippen molar-refractivity contribution in [3.05, 3.63) is 35.1 Å². The quantitative estimate of drug-likeness (QED) is 0.796. The normalized spacial score (nSPS) is 14.6. The maximum absolute atomic E-state index is 13.7.